The lowest BCUT2D eigenvalue weighted by molar-refractivity contribution is -0.166. The standard InChI is InChI=1S/C28H35ClF2N2O5/c1-8-37-26(35)24(38-27(2,3)4)21-22(33-11-9-28(5,6)10-12-33)20(19(15-34)32-25(21)29)16-13-17(30)23(36-7)18(31)14-16/h13-15,24H,8-12H2,1-7H3. The summed E-state index contributed by atoms with van der Waals surface area (Å²) in [6.45, 7) is 12.5. The van der Waals surface area contributed by atoms with Crippen LogP contribution in [0.1, 0.15) is 76.5 Å². The van der Waals surface area contributed by atoms with E-state index in [1.54, 1.807) is 27.7 Å². The number of pyridine rings is 1. The van der Waals surface area contributed by atoms with Crippen LogP contribution in [0.3, 0.4) is 0 Å². The normalized spacial score (nSPS) is 16.2. The second-order valence-corrected chi connectivity index (χ2v) is 11.4. The average Bonchev–Trinajstić information content (AvgIpc) is 2.81. The minimum atomic E-state index is -1.31. The molecule has 208 valence electrons. The lowest BCUT2D eigenvalue weighted by Crippen LogP contribution is -2.39. The minimum Gasteiger partial charge on any atom is -0.491 e. The first-order valence-electron chi connectivity index (χ1n) is 12.5. The van der Waals surface area contributed by atoms with Crippen molar-refractivity contribution in [2.24, 2.45) is 5.41 Å². The maximum absolute atomic E-state index is 14.9. The van der Waals surface area contributed by atoms with Gasteiger partial charge in [-0.15, -0.1) is 0 Å². The molecule has 1 aromatic heterocycles. The number of ether oxygens (including phenoxy) is 3. The first kappa shape index (κ1) is 29.8. The number of benzene rings is 1. The number of hydrogen-bond acceptors (Lipinski definition) is 7. The molecule has 1 unspecified atom stereocenters. The Morgan fingerprint density at radius 2 is 1.79 bits per heavy atom. The summed E-state index contributed by atoms with van der Waals surface area (Å²) in [5.74, 6) is -3.14. The predicted molar refractivity (Wildman–Crippen MR) is 142 cm³/mol. The van der Waals surface area contributed by atoms with E-state index in [-0.39, 0.29) is 39.6 Å². The number of halogens is 3. The van der Waals surface area contributed by atoms with E-state index in [4.69, 9.17) is 25.8 Å². The van der Waals surface area contributed by atoms with Crippen LogP contribution in [0.2, 0.25) is 5.15 Å². The fraction of sp³-hybridized carbons (Fsp3) is 0.536. The summed E-state index contributed by atoms with van der Waals surface area (Å²) in [4.78, 5) is 31.7. The molecule has 2 heterocycles. The summed E-state index contributed by atoms with van der Waals surface area (Å²) in [6.07, 6.45) is 0.745. The number of rotatable bonds is 8. The van der Waals surface area contributed by atoms with E-state index in [1.165, 1.54) is 0 Å². The van der Waals surface area contributed by atoms with Crippen molar-refractivity contribution in [1.82, 2.24) is 4.98 Å². The van der Waals surface area contributed by atoms with Crippen LogP contribution < -0.4 is 9.64 Å². The van der Waals surface area contributed by atoms with Crippen LogP contribution in [0.25, 0.3) is 11.1 Å². The molecule has 10 heteroatoms. The highest BCUT2D eigenvalue weighted by atomic mass is 35.5. The molecule has 2 aromatic rings. The highest BCUT2D eigenvalue weighted by Crippen LogP contribution is 2.47. The van der Waals surface area contributed by atoms with E-state index in [9.17, 15) is 18.4 Å². The largest absolute Gasteiger partial charge is 0.491 e. The Kier molecular flexibility index (Phi) is 9.04. The van der Waals surface area contributed by atoms with Crippen LogP contribution in [-0.2, 0) is 14.3 Å². The lowest BCUT2D eigenvalue weighted by atomic mass is 9.82. The number of aldehydes is 1. The second kappa shape index (κ2) is 11.5. The number of piperidine rings is 1. The minimum absolute atomic E-state index is 0.0477. The third-order valence-corrected chi connectivity index (χ3v) is 6.75. The van der Waals surface area contributed by atoms with Crippen LogP contribution in [-0.4, -0.2) is 49.6 Å². The molecular weight excluding hydrogens is 518 g/mol. The zero-order valence-corrected chi connectivity index (χ0v) is 23.7. The molecule has 1 aliphatic rings. The molecule has 0 saturated carbocycles. The third kappa shape index (κ3) is 6.43. The number of carbonyl (C=O) groups excluding carboxylic acids is 2. The maximum atomic E-state index is 14.9. The van der Waals surface area contributed by atoms with Crippen molar-refractivity contribution in [3.05, 3.63) is 40.2 Å². The third-order valence-electron chi connectivity index (χ3n) is 6.46. The van der Waals surface area contributed by atoms with E-state index in [0.717, 1.165) is 32.1 Å². The van der Waals surface area contributed by atoms with Crippen LogP contribution in [0, 0.1) is 17.0 Å². The molecule has 0 aliphatic carbocycles. The monoisotopic (exact) mass is 552 g/mol. The van der Waals surface area contributed by atoms with Gasteiger partial charge in [-0.05, 0) is 63.6 Å². The van der Waals surface area contributed by atoms with Gasteiger partial charge in [-0.3, -0.25) is 4.79 Å². The van der Waals surface area contributed by atoms with Gasteiger partial charge in [0, 0.05) is 18.7 Å². The number of aromatic nitrogens is 1. The molecule has 1 aliphatic heterocycles. The smallest absolute Gasteiger partial charge is 0.340 e. The van der Waals surface area contributed by atoms with Crippen molar-refractivity contribution in [2.45, 2.75) is 66.1 Å². The molecule has 1 atom stereocenters. The highest BCUT2D eigenvalue weighted by Gasteiger charge is 2.38. The summed E-state index contributed by atoms with van der Waals surface area (Å²) in [5.41, 5.74) is -0.143. The van der Waals surface area contributed by atoms with Crippen molar-refractivity contribution in [2.75, 3.05) is 31.7 Å². The summed E-state index contributed by atoms with van der Waals surface area (Å²) >= 11 is 6.67. The van der Waals surface area contributed by atoms with E-state index < -0.39 is 35.1 Å². The first-order valence-corrected chi connectivity index (χ1v) is 12.9. The van der Waals surface area contributed by atoms with Gasteiger partial charge in [-0.2, -0.15) is 0 Å². The van der Waals surface area contributed by atoms with Crippen LogP contribution in [0.5, 0.6) is 5.75 Å². The number of methoxy groups -OCH3 is 1. The highest BCUT2D eigenvalue weighted by molar-refractivity contribution is 6.31. The van der Waals surface area contributed by atoms with Gasteiger partial charge in [0.15, 0.2) is 29.8 Å². The molecule has 1 saturated heterocycles. The maximum Gasteiger partial charge on any atom is 0.340 e. The lowest BCUT2D eigenvalue weighted by Gasteiger charge is -2.41. The molecule has 0 amide bonds. The van der Waals surface area contributed by atoms with Gasteiger partial charge in [-0.1, -0.05) is 25.4 Å². The first-order chi connectivity index (χ1) is 17.7. The molecule has 1 aromatic carbocycles. The fourth-order valence-corrected chi connectivity index (χ4v) is 4.82. The second-order valence-electron chi connectivity index (χ2n) is 11.0. The fourth-order valence-electron chi connectivity index (χ4n) is 4.54. The van der Waals surface area contributed by atoms with E-state index in [1.807, 2.05) is 4.90 Å². The van der Waals surface area contributed by atoms with Gasteiger partial charge in [0.1, 0.15) is 10.8 Å². The van der Waals surface area contributed by atoms with Gasteiger partial charge in [0.05, 0.1) is 30.6 Å². The Hall–Kier alpha value is -2.78. The SMILES string of the molecule is CCOC(=O)C(OC(C)(C)C)c1c(Cl)nc(C=O)c(-c2cc(F)c(OC)c(F)c2)c1N1CCC(C)(C)CC1. The van der Waals surface area contributed by atoms with Crippen molar-refractivity contribution >= 4 is 29.5 Å². The van der Waals surface area contributed by atoms with Crippen molar-refractivity contribution < 1.29 is 32.6 Å². The number of esters is 1. The van der Waals surface area contributed by atoms with E-state index in [2.05, 4.69) is 18.8 Å². The average molecular weight is 553 g/mol. The van der Waals surface area contributed by atoms with E-state index in [0.29, 0.717) is 25.1 Å². The van der Waals surface area contributed by atoms with Crippen molar-refractivity contribution in [3.8, 4) is 16.9 Å². The molecule has 0 N–H and O–H groups in total. The Labute approximate surface area is 227 Å². The van der Waals surface area contributed by atoms with Crippen LogP contribution in [0.4, 0.5) is 14.5 Å². The van der Waals surface area contributed by atoms with E-state index >= 15 is 0 Å². The van der Waals surface area contributed by atoms with Crippen LogP contribution in [0.15, 0.2) is 12.1 Å². The van der Waals surface area contributed by atoms with Gasteiger partial charge in [-0.25, -0.2) is 18.6 Å². The Morgan fingerprint density at radius 1 is 1.21 bits per heavy atom. The summed E-state index contributed by atoms with van der Waals surface area (Å²) in [6, 6.07) is 2.15. The van der Waals surface area contributed by atoms with Gasteiger partial charge in [0.25, 0.3) is 0 Å². The zero-order valence-electron chi connectivity index (χ0n) is 22.9. The quantitative estimate of drug-likeness (QED) is 0.209. The van der Waals surface area contributed by atoms with Crippen molar-refractivity contribution in [3.63, 3.8) is 0 Å². The topological polar surface area (TPSA) is 78.0 Å². The molecular formula is C28H35ClF2N2O5. The molecule has 38 heavy (non-hydrogen) atoms. The van der Waals surface area contributed by atoms with Gasteiger partial charge in [0.2, 0.25) is 0 Å². The molecule has 7 nitrogen and oxygen atoms in total. The Morgan fingerprint density at radius 3 is 2.26 bits per heavy atom. The Balaban J connectivity index is 2.42. The summed E-state index contributed by atoms with van der Waals surface area (Å²) in [5, 5.41) is -0.132. The van der Waals surface area contributed by atoms with Crippen molar-refractivity contribution in [1.29, 1.82) is 0 Å². The van der Waals surface area contributed by atoms with Gasteiger partial charge < -0.3 is 19.1 Å². The summed E-state index contributed by atoms with van der Waals surface area (Å²) < 4.78 is 46.1. The summed E-state index contributed by atoms with van der Waals surface area (Å²) in [7, 11) is 1.16. The number of hydrogen-bond donors (Lipinski definition) is 0. The molecule has 0 bridgehead atoms. The number of anilines is 1. The molecule has 1 fully saturated rings. The molecule has 3 rings (SSSR count). The van der Waals surface area contributed by atoms with Gasteiger partial charge >= 0.3 is 5.97 Å². The Bertz CT molecular complexity index is 1180. The molecule has 0 radical (unpaired) electrons. The predicted octanol–water partition coefficient (Wildman–Crippen LogP) is 6.55. The zero-order chi connectivity index (χ0) is 28.4. The molecule has 0 spiro atoms. The van der Waals surface area contributed by atoms with Crippen LogP contribution >= 0.6 is 11.6 Å². The number of carbonyl (C=O) groups is 2. The number of nitrogens with zero attached hydrogens (tertiary/aromatic N) is 2.